The fraction of sp³-hybridized carbons (Fsp3) is 0.381. The third-order valence-corrected chi connectivity index (χ3v) is 5.32. The van der Waals surface area contributed by atoms with E-state index in [9.17, 15) is 29.4 Å². The number of H-pyrrole nitrogens is 1. The van der Waals surface area contributed by atoms with Gasteiger partial charge in [0.15, 0.2) is 0 Å². The summed E-state index contributed by atoms with van der Waals surface area (Å²) >= 11 is 3.85. The molecule has 4 atom stereocenters. The minimum absolute atomic E-state index is 0.00885. The van der Waals surface area contributed by atoms with Crippen LogP contribution in [0.5, 0.6) is 5.75 Å². The van der Waals surface area contributed by atoms with Gasteiger partial charge in [0.25, 0.3) is 0 Å². The van der Waals surface area contributed by atoms with Gasteiger partial charge in [-0.3, -0.25) is 14.4 Å². The maximum Gasteiger partial charge on any atom is 0.327 e. The van der Waals surface area contributed by atoms with Gasteiger partial charge < -0.3 is 42.0 Å². The molecule has 35 heavy (non-hydrogen) atoms. The molecule has 2 aromatic rings. The Bertz CT molecular complexity index is 1000. The van der Waals surface area contributed by atoms with Gasteiger partial charge in [-0.1, -0.05) is 12.1 Å². The van der Waals surface area contributed by atoms with Crippen LogP contribution < -0.4 is 21.7 Å². The number of imidazole rings is 1. The number of nitrogens with one attached hydrogen (secondary N) is 4. The van der Waals surface area contributed by atoms with Gasteiger partial charge in [0.1, 0.15) is 23.9 Å². The van der Waals surface area contributed by atoms with Crippen molar-refractivity contribution in [2.75, 3.05) is 12.4 Å². The van der Waals surface area contributed by atoms with Crippen LogP contribution in [0.3, 0.4) is 0 Å². The van der Waals surface area contributed by atoms with E-state index in [1.54, 1.807) is 12.1 Å². The largest absolute Gasteiger partial charge is 0.508 e. The predicted octanol–water partition coefficient (Wildman–Crippen LogP) is -2.31. The minimum Gasteiger partial charge on any atom is -0.508 e. The second-order valence-electron chi connectivity index (χ2n) is 7.64. The Balaban J connectivity index is 2.14. The number of benzene rings is 1. The Kier molecular flexibility index (Phi) is 10.5. The zero-order valence-electron chi connectivity index (χ0n) is 18.5. The molecule has 190 valence electrons. The first-order valence-electron chi connectivity index (χ1n) is 10.5. The van der Waals surface area contributed by atoms with Crippen molar-refractivity contribution in [3.8, 4) is 5.75 Å². The Labute approximate surface area is 205 Å². The van der Waals surface area contributed by atoms with Crippen LogP contribution in [0.2, 0.25) is 0 Å². The number of carbonyl (C=O) groups is 4. The number of nitrogens with two attached hydrogens (primary N) is 1. The Hall–Kier alpha value is -3.62. The number of rotatable bonds is 13. The molecule has 13 nitrogen and oxygen atoms in total. The summed E-state index contributed by atoms with van der Waals surface area (Å²) in [5.74, 6) is -3.93. The number of carboxylic acids is 1. The number of amides is 3. The molecule has 1 aromatic carbocycles. The maximum absolute atomic E-state index is 13.0. The van der Waals surface area contributed by atoms with Gasteiger partial charge in [-0.2, -0.15) is 12.6 Å². The summed E-state index contributed by atoms with van der Waals surface area (Å²) in [6.45, 7) is -0.824. The maximum atomic E-state index is 13.0. The minimum atomic E-state index is -1.48. The molecule has 0 saturated carbocycles. The van der Waals surface area contributed by atoms with Crippen LogP contribution in [0.25, 0.3) is 0 Å². The van der Waals surface area contributed by atoms with Crippen LogP contribution in [0.1, 0.15) is 11.3 Å². The van der Waals surface area contributed by atoms with Crippen LogP contribution in [0.15, 0.2) is 36.8 Å². The lowest BCUT2D eigenvalue weighted by molar-refractivity contribution is -0.142. The molecule has 0 radical (unpaired) electrons. The second-order valence-corrected chi connectivity index (χ2v) is 8.01. The summed E-state index contributed by atoms with van der Waals surface area (Å²) in [5, 5.41) is 35.2. The number of hydrogen-bond acceptors (Lipinski definition) is 9. The molecule has 4 unspecified atom stereocenters. The van der Waals surface area contributed by atoms with Crippen molar-refractivity contribution in [1.29, 1.82) is 0 Å². The Morgan fingerprint density at radius 3 is 2.11 bits per heavy atom. The molecule has 0 aliphatic rings. The number of phenols is 1. The van der Waals surface area contributed by atoms with Crippen molar-refractivity contribution < 1.29 is 34.5 Å². The SMILES string of the molecule is NC(Cc1cnc[nH]1)C(=O)NC(Cc1ccc(O)cc1)C(=O)NC(CO)C(=O)NC(CS)C(=O)O. The van der Waals surface area contributed by atoms with Gasteiger partial charge in [-0.05, 0) is 17.7 Å². The summed E-state index contributed by atoms with van der Waals surface area (Å²) in [7, 11) is 0. The highest BCUT2D eigenvalue weighted by molar-refractivity contribution is 7.80. The summed E-state index contributed by atoms with van der Waals surface area (Å²) in [5.41, 5.74) is 7.15. The molecule has 0 bridgehead atoms. The van der Waals surface area contributed by atoms with E-state index in [1.807, 2.05) is 0 Å². The van der Waals surface area contributed by atoms with Crippen LogP contribution in [0.4, 0.5) is 0 Å². The Morgan fingerprint density at radius 1 is 0.971 bits per heavy atom. The molecule has 2 rings (SSSR count). The van der Waals surface area contributed by atoms with Gasteiger partial charge in [0, 0.05) is 30.5 Å². The second kappa shape index (κ2) is 13.3. The van der Waals surface area contributed by atoms with Crippen LogP contribution in [-0.2, 0) is 32.0 Å². The number of carbonyl (C=O) groups excluding carboxylic acids is 3. The van der Waals surface area contributed by atoms with Crippen LogP contribution in [-0.4, -0.2) is 85.5 Å². The van der Waals surface area contributed by atoms with E-state index >= 15 is 0 Å². The normalized spacial score (nSPS) is 14.3. The fourth-order valence-corrected chi connectivity index (χ4v) is 3.25. The van der Waals surface area contributed by atoms with Gasteiger partial charge in [0.05, 0.1) is 19.0 Å². The lowest BCUT2D eigenvalue weighted by atomic mass is 10.0. The molecule has 0 saturated heterocycles. The number of aromatic amines is 1. The van der Waals surface area contributed by atoms with E-state index in [0.29, 0.717) is 11.3 Å². The number of carboxylic acid groups (broad SMARTS) is 1. The molecule has 0 aliphatic carbocycles. The van der Waals surface area contributed by atoms with Gasteiger partial charge in [-0.15, -0.1) is 0 Å². The average molecular weight is 509 g/mol. The van der Waals surface area contributed by atoms with Crippen molar-refractivity contribution >= 4 is 36.3 Å². The molecule has 9 N–H and O–H groups in total. The molecule has 1 heterocycles. The number of nitrogens with zero attached hydrogens (tertiary/aromatic N) is 1. The van der Waals surface area contributed by atoms with Crippen LogP contribution >= 0.6 is 12.6 Å². The summed E-state index contributed by atoms with van der Waals surface area (Å²) in [4.78, 5) is 55.9. The van der Waals surface area contributed by atoms with Crippen molar-refractivity contribution in [2.45, 2.75) is 37.0 Å². The first-order valence-corrected chi connectivity index (χ1v) is 11.1. The summed E-state index contributed by atoms with van der Waals surface area (Å²) in [6.07, 6.45) is 3.04. The standard InChI is InChI=1S/C21H28N6O7S/c22-14(6-12-7-23-10-24-12)18(30)25-15(5-11-1-3-13(29)4-2-11)19(31)26-16(8-28)20(32)27-17(9-35)21(33)34/h1-4,7,10,14-17,28-29,35H,5-6,8-9,22H2,(H,23,24)(H,25,30)(H,26,31)(H,27,32)(H,33,34). The van der Waals surface area contributed by atoms with E-state index in [1.165, 1.54) is 24.7 Å². The van der Waals surface area contributed by atoms with Crippen LogP contribution in [0, 0.1) is 0 Å². The van der Waals surface area contributed by atoms with Gasteiger partial charge in [-0.25, -0.2) is 9.78 Å². The number of aliphatic hydroxyl groups is 1. The number of phenolic OH excluding ortho intramolecular Hbond substituents is 1. The molecule has 0 aliphatic heterocycles. The molecule has 0 fully saturated rings. The van der Waals surface area contributed by atoms with Gasteiger partial charge in [0.2, 0.25) is 17.7 Å². The van der Waals surface area contributed by atoms with Gasteiger partial charge >= 0.3 is 5.97 Å². The first kappa shape index (κ1) is 27.6. The molecule has 14 heteroatoms. The Morgan fingerprint density at radius 2 is 1.57 bits per heavy atom. The van der Waals surface area contributed by atoms with E-state index < -0.39 is 54.5 Å². The molecule has 1 aromatic heterocycles. The van der Waals surface area contributed by atoms with Crippen molar-refractivity contribution in [3.63, 3.8) is 0 Å². The molecular weight excluding hydrogens is 480 g/mol. The number of hydrogen-bond donors (Lipinski definition) is 9. The van der Waals surface area contributed by atoms with E-state index in [2.05, 4.69) is 38.5 Å². The highest BCUT2D eigenvalue weighted by atomic mass is 32.1. The number of aromatic nitrogens is 2. The molecular formula is C21H28N6O7S. The smallest absolute Gasteiger partial charge is 0.327 e. The number of aliphatic carboxylic acids is 1. The lowest BCUT2D eigenvalue weighted by Gasteiger charge is -2.24. The zero-order valence-corrected chi connectivity index (χ0v) is 19.4. The van der Waals surface area contributed by atoms with E-state index in [0.717, 1.165) is 0 Å². The third-order valence-electron chi connectivity index (χ3n) is 4.95. The average Bonchev–Trinajstić information content (AvgIpc) is 3.34. The monoisotopic (exact) mass is 508 g/mol. The van der Waals surface area contributed by atoms with Crippen molar-refractivity contribution in [1.82, 2.24) is 25.9 Å². The number of thiol groups is 1. The highest BCUT2D eigenvalue weighted by Gasteiger charge is 2.30. The van der Waals surface area contributed by atoms with E-state index in [4.69, 9.17) is 10.8 Å². The number of aliphatic hydroxyl groups excluding tert-OH is 1. The molecule has 3 amide bonds. The van der Waals surface area contributed by atoms with Crippen molar-refractivity contribution in [3.05, 3.63) is 48.0 Å². The third kappa shape index (κ3) is 8.59. The summed E-state index contributed by atoms with van der Waals surface area (Å²) < 4.78 is 0. The van der Waals surface area contributed by atoms with Crippen molar-refractivity contribution in [2.24, 2.45) is 5.73 Å². The highest BCUT2D eigenvalue weighted by Crippen LogP contribution is 2.12. The number of aromatic hydroxyl groups is 1. The zero-order chi connectivity index (χ0) is 26.0. The fourth-order valence-electron chi connectivity index (χ4n) is 3.01. The predicted molar refractivity (Wildman–Crippen MR) is 126 cm³/mol. The summed E-state index contributed by atoms with van der Waals surface area (Å²) in [6, 6.07) is 0.870. The first-order chi connectivity index (χ1) is 16.6. The van der Waals surface area contributed by atoms with E-state index in [-0.39, 0.29) is 24.3 Å². The lowest BCUT2D eigenvalue weighted by Crippen LogP contribution is -2.58. The quantitative estimate of drug-likeness (QED) is 0.132. The molecule has 0 spiro atoms. The topological polar surface area (TPSA) is 220 Å².